The van der Waals surface area contributed by atoms with Crippen molar-refractivity contribution in [3.05, 3.63) is 59.7 Å². The summed E-state index contributed by atoms with van der Waals surface area (Å²) in [6, 6.07) is 12.5. The molecule has 4 nitrogen and oxygen atoms in total. The van der Waals surface area contributed by atoms with Crippen molar-refractivity contribution >= 4 is 37.5 Å². The average Bonchev–Trinajstić information content (AvgIpc) is 2.54. The van der Waals surface area contributed by atoms with E-state index in [9.17, 15) is 17.4 Å². The molecule has 7 heteroatoms. The van der Waals surface area contributed by atoms with Crippen LogP contribution in [0.5, 0.6) is 0 Å². The van der Waals surface area contributed by atoms with Gasteiger partial charge in [0.05, 0.1) is 15.7 Å². The van der Waals surface area contributed by atoms with Gasteiger partial charge in [0, 0.05) is 10.5 Å². The number of sulfone groups is 1. The first-order valence-corrected chi connectivity index (χ1v) is 10.2. The lowest BCUT2D eigenvalue weighted by Crippen LogP contribution is -2.12. The fourth-order valence-electron chi connectivity index (χ4n) is 2.00. The van der Waals surface area contributed by atoms with Gasteiger partial charge in [0.1, 0.15) is 5.08 Å². The van der Waals surface area contributed by atoms with Gasteiger partial charge in [-0.2, -0.15) is 0 Å². The van der Waals surface area contributed by atoms with Crippen LogP contribution in [-0.2, 0) is 27.1 Å². The first-order valence-electron chi connectivity index (χ1n) is 6.83. The highest BCUT2D eigenvalue weighted by Gasteiger charge is 2.20. The first kappa shape index (κ1) is 17.8. The highest BCUT2D eigenvalue weighted by atomic mass is 35.5. The molecule has 2 rings (SSSR count). The van der Waals surface area contributed by atoms with Crippen molar-refractivity contribution < 1.29 is 17.4 Å². The number of aryl methyl sites for hydroxylation is 1. The van der Waals surface area contributed by atoms with Crippen LogP contribution in [0.4, 0.5) is 0 Å². The molecule has 0 aliphatic heterocycles. The molecular formula is C16H15ClO4S2. The molecule has 0 aliphatic rings. The van der Waals surface area contributed by atoms with Crippen molar-refractivity contribution in [3.63, 3.8) is 0 Å². The van der Waals surface area contributed by atoms with Crippen molar-refractivity contribution in [1.82, 2.24) is 0 Å². The molecule has 1 unspecified atom stereocenters. The fraction of sp³-hybridized carbons (Fsp3) is 0.188. The highest BCUT2D eigenvalue weighted by molar-refractivity contribution is 8.05. The molecular weight excluding hydrogens is 356 g/mol. The van der Waals surface area contributed by atoms with Crippen LogP contribution in [-0.4, -0.2) is 23.0 Å². The van der Waals surface area contributed by atoms with Crippen molar-refractivity contribution in [3.8, 4) is 0 Å². The van der Waals surface area contributed by atoms with Crippen molar-refractivity contribution in [2.75, 3.05) is 5.08 Å². The van der Waals surface area contributed by atoms with Crippen LogP contribution in [0.3, 0.4) is 0 Å². The van der Waals surface area contributed by atoms with Crippen molar-refractivity contribution in [1.29, 1.82) is 0 Å². The maximum Gasteiger partial charge on any atom is 0.252 e. The summed E-state index contributed by atoms with van der Waals surface area (Å²) < 4.78 is 37.2. The molecule has 0 amide bonds. The number of hydrogen-bond acceptors (Lipinski definition) is 4. The Morgan fingerprint density at radius 3 is 2.48 bits per heavy atom. The number of carbonyl (C=O) groups is 1. The van der Waals surface area contributed by atoms with Gasteiger partial charge in [-0.05, 0) is 47.9 Å². The minimum Gasteiger partial charge on any atom is -0.276 e. The third-order valence-electron chi connectivity index (χ3n) is 3.25. The third kappa shape index (κ3) is 4.50. The molecule has 0 aliphatic carbocycles. The minimum absolute atomic E-state index is 0.0657. The molecule has 122 valence electrons. The Kier molecular flexibility index (Phi) is 5.73. The van der Waals surface area contributed by atoms with Gasteiger partial charge in [-0.3, -0.25) is 9.00 Å². The van der Waals surface area contributed by atoms with E-state index in [1.54, 1.807) is 18.2 Å². The summed E-state index contributed by atoms with van der Waals surface area (Å²) in [6.45, 7) is 1.97. The van der Waals surface area contributed by atoms with Crippen LogP contribution in [0, 0.1) is 0 Å². The Hall–Kier alpha value is -1.50. The molecule has 0 fully saturated rings. The normalized spacial score (nSPS) is 12.8. The maximum absolute atomic E-state index is 12.4. The Bertz CT molecular complexity index is 860. The fourth-order valence-corrected chi connectivity index (χ4v) is 5.43. The minimum atomic E-state index is -3.79. The monoisotopic (exact) mass is 370 g/mol. The van der Waals surface area contributed by atoms with E-state index < -0.39 is 31.0 Å². The zero-order chi connectivity index (χ0) is 17.0. The predicted molar refractivity (Wildman–Crippen MR) is 90.9 cm³/mol. The molecule has 0 N–H and O–H groups in total. The third-order valence-corrected chi connectivity index (χ3v) is 7.32. The summed E-state index contributed by atoms with van der Waals surface area (Å²) in [5.41, 5.74) is 1.08. The Morgan fingerprint density at radius 1 is 1.13 bits per heavy atom. The summed E-state index contributed by atoms with van der Waals surface area (Å²) in [7, 11) is -5.48. The van der Waals surface area contributed by atoms with E-state index in [-0.39, 0.29) is 10.5 Å². The van der Waals surface area contributed by atoms with E-state index in [1.165, 1.54) is 24.3 Å². The molecule has 0 aromatic heterocycles. The second-order valence-corrected chi connectivity index (χ2v) is 9.03. The quantitative estimate of drug-likeness (QED) is 0.732. The van der Waals surface area contributed by atoms with Gasteiger partial charge in [0.15, 0.2) is 9.84 Å². The predicted octanol–water partition coefficient (Wildman–Crippen LogP) is 3.17. The molecule has 0 bridgehead atoms. The van der Waals surface area contributed by atoms with Gasteiger partial charge >= 0.3 is 0 Å². The summed E-state index contributed by atoms with van der Waals surface area (Å²) in [5.74, 6) is 0. The maximum atomic E-state index is 12.4. The van der Waals surface area contributed by atoms with Crippen LogP contribution in [0.2, 0.25) is 0 Å². The summed E-state index contributed by atoms with van der Waals surface area (Å²) >= 11 is 5.37. The van der Waals surface area contributed by atoms with Crippen LogP contribution in [0.1, 0.15) is 22.8 Å². The van der Waals surface area contributed by atoms with Crippen LogP contribution < -0.4 is 0 Å². The molecule has 2 aromatic rings. The van der Waals surface area contributed by atoms with E-state index in [4.69, 9.17) is 11.6 Å². The van der Waals surface area contributed by atoms with Gasteiger partial charge in [-0.15, -0.1) is 0 Å². The number of hydrogen-bond donors (Lipinski definition) is 0. The van der Waals surface area contributed by atoms with Gasteiger partial charge in [-0.25, -0.2) is 8.42 Å². The molecule has 23 heavy (non-hydrogen) atoms. The van der Waals surface area contributed by atoms with Crippen LogP contribution in [0.15, 0.2) is 58.3 Å². The molecule has 0 heterocycles. The Labute approximate surface area is 142 Å². The van der Waals surface area contributed by atoms with E-state index in [0.29, 0.717) is 4.90 Å². The number of carbonyl (C=O) groups excluding carboxylic acids is 1. The average molecular weight is 371 g/mol. The standard InChI is InChI=1S/C16H15ClO4S2/c1-2-12-5-3-7-14(9-12)22(19)11-23(20,21)15-8-4-6-13(10-15)16(17)18/h3-10H,2,11H2,1H3. The summed E-state index contributed by atoms with van der Waals surface area (Å²) in [4.78, 5) is 11.6. The topological polar surface area (TPSA) is 68.3 Å². The lowest BCUT2D eigenvalue weighted by molar-refractivity contribution is 0.108. The summed E-state index contributed by atoms with van der Waals surface area (Å²) in [5, 5.41) is -1.28. The molecule has 0 saturated carbocycles. The largest absolute Gasteiger partial charge is 0.276 e. The van der Waals surface area contributed by atoms with Crippen molar-refractivity contribution in [2.45, 2.75) is 23.1 Å². The highest BCUT2D eigenvalue weighted by Crippen LogP contribution is 2.19. The van der Waals surface area contributed by atoms with E-state index in [0.717, 1.165) is 12.0 Å². The molecule has 2 aromatic carbocycles. The van der Waals surface area contributed by atoms with Gasteiger partial charge in [-0.1, -0.05) is 31.2 Å². The summed E-state index contributed by atoms with van der Waals surface area (Å²) in [6.07, 6.45) is 0.775. The molecule has 0 spiro atoms. The SMILES string of the molecule is CCc1cccc(S(=O)CS(=O)(=O)c2cccc(C(=O)Cl)c2)c1. The molecule has 0 saturated heterocycles. The lowest BCUT2D eigenvalue weighted by atomic mass is 10.2. The number of rotatable bonds is 6. The number of benzene rings is 2. The smallest absolute Gasteiger partial charge is 0.252 e. The second kappa shape index (κ2) is 7.38. The van der Waals surface area contributed by atoms with Crippen LogP contribution in [0.25, 0.3) is 0 Å². The Morgan fingerprint density at radius 2 is 1.83 bits per heavy atom. The van der Waals surface area contributed by atoms with Gasteiger partial charge < -0.3 is 0 Å². The zero-order valence-corrected chi connectivity index (χ0v) is 14.7. The lowest BCUT2D eigenvalue weighted by Gasteiger charge is -2.07. The zero-order valence-electron chi connectivity index (χ0n) is 12.4. The number of halogens is 1. The van der Waals surface area contributed by atoms with E-state index in [2.05, 4.69) is 0 Å². The van der Waals surface area contributed by atoms with E-state index >= 15 is 0 Å². The van der Waals surface area contributed by atoms with Crippen molar-refractivity contribution in [2.24, 2.45) is 0 Å². The van der Waals surface area contributed by atoms with Crippen LogP contribution >= 0.6 is 11.6 Å². The van der Waals surface area contributed by atoms with Gasteiger partial charge in [0.25, 0.3) is 5.24 Å². The second-order valence-electron chi connectivity index (χ2n) is 4.88. The van der Waals surface area contributed by atoms with E-state index in [1.807, 2.05) is 13.0 Å². The molecule has 1 atom stereocenters. The Balaban J connectivity index is 2.28. The van der Waals surface area contributed by atoms with Gasteiger partial charge in [0.2, 0.25) is 0 Å². The molecule has 0 radical (unpaired) electrons. The first-order chi connectivity index (χ1) is 10.8.